The zero-order valence-corrected chi connectivity index (χ0v) is 15.3. The molecule has 5 N–H and O–H groups in total. The molecule has 0 bridgehead atoms. The van der Waals surface area contributed by atoms with Crippen LogP contribution in [0.15, 0.2) is 24.3 Å². The second kappa shape index (κ2) is 10.9. The fourth-order valence-corrected chi connectivity index (χ4v) is 2.98. The van der Waals surface area contributed by atoms with E-state index in [2.05, 4.69) is 5.32 Å². The van der Waals surface area contributed by atoms with Crippen molar-refractivity contribution in [1.82, 2.24) is 5.32 Å². The van der Waals surface area contributed by atoms with Gasteiger partial charge in [0.25, 0.3) is 0 Å². The van der Waals surface area contributed by atoms with Gasteiger partial charge in [0.05, 0.1) is 31.5 Å². The number of carboxylic acid groups (broad SMARTS) is 1. The first kappa shape index (κ1) is 21.2. The lowest BCUT2D eigenvalue weighted by molar-refractivity contribution is -0.139. The number of carboxylic acids is 1. The molecule has 8 nitrogen and oxygen atoms in total. The number of hydrogen-bond donors (Lipinski definition) is 4. The van der Waals surface area contributed by atoms with E-state index in [1.807, 2.05) is 24.3 Å². The lowest BCUT2D eigenvalue weighted by atomic mass is 9.72. The molecule has 148 valence electrons. The van der Waals surface area contributed by atoms with Gasteiger partial charge in [0.15, 0.2) is 0 Å². The molecule has 0 aliphatic carbocycles. The molecule has 2 unspecified atom stereocenters. The first-order valence-electron chi connectivity index (χ1n) is 9.24. The van der Waals surface area contributed by atoms with Crippen molar-refractivity contribution in [2.45, 2.75) is 50.6 Å². The maximum absolute atomic E-state index is 12.3. The number of aliphatic carboxylic acids is 1. The lowest BCUT2D eigenvalue weighted by Crippen LogP contribution is -2.53. The van der Waals surface area contributed by atoms with Crippen LogP contribution in [0.3, 0.4) is 0 Å². The van der Waals surface area contributed by atoms with Gasteiger partial charge in [-0.3, -0.25) is 9.59 Å². The Hall–Kier alpha value is -2.10. The zero-order chi connectivity index (χ0) is 19.6. The number of benzene rings is 1. The average molecular weight is 378 g/mol. The summed E-state index contributed by atoms with van der Waals surface area (Å²) in [4.78, 5) is 23.0. The van der Waals surface area contributed by atoms with E-state index in [9.17, 15) is 14.6 Å². The van der Waals surface area contributed by atoms with Crippen LogP contribution in [0.5, 0.6) is 5.75 Å². The Labute approximate surface area is 159 Å². The SMILES string of the molecule is NCCCCOc1cccc(CC(=O)NC2CCC(CC(=O)O)OB2O)c1. The summed E-state index contributed by atoms with van der Waals surface area (Å²) < 4.78 is 10.9. The number of ether oxygens (including phenoxy) is 1. The van der Waals surface area contributed by atoms with Crippen molar-refractivity contribution in [3.8, 4) is 5.75 Å². The highest BCUT2D eigenvalue weighted by Gasteiger charge is 2.36. The molecule has 1 aromatic carbocycles. The van der Waals surface area contributed by atoms with E-state index in [1.165, 1.54) is 0 Å². The maximum Gasteiger partial charge on any atom is 0.478 e. The summed E-state index contributed by atoms with van der Waals surface area (Å²) >= 11 is 0. The Morgan fingerprint density at radius 1 is 1.33 bits per heavy atom. The minimum atomic E-state index is -1.20. The summed E-state index contributed by atoms with van der Waals surface area (Å²) in [6.45, 7) is 1.22. The van der Waals surface area contributed by atoms with Crippen LogP contribution >= 0.6 is 0 Å². The molecule has 1 aromatic rings. The predicted octanol–water partition coefficient (Wildman–Crippen LogP) is 0.505. The molecule has 0 radical (unpaired) electrons. The number of carbonyl (C=O) groups is 2. The molecule has 1 amide bonds. The predicted molar refractivity (Wildman–Crippen MR) is 100 cm³/mol. The summed E-state index contributed by atoms with van der Waals surface area (Å²) in [6.07, 6.45) is 2.19. The van der Waals surface area contributed by atoms with E-state index in [-0.39, 0.29) is 18.7 Å². The lowest BCUT2D eigenvalue weighted by Gasteiger charge is -2.30. The van der Waals surface area contributed by atoms with Gasteiger partial charge in [-0.2, -0.15) is 0 Å². The van der Waals surface area contributed by atoms with Gasteiger partial charge in [-0.15, -0.1) is 0 Å². The van der Waals surface area contributed by atoms with E-state index in [4.69, 9.17) is 20.2 Å². The van der Waals surface area contributed by atoms with Crippen molar-refractivity contribution in [3.63, 3.8) is 0 Å². The Kier molecular flexibility index (Phi) is 8.57. The van der Waals surface area contributed by atoms with Gasteiger partial charge in [-0.05, 0) is 49.9 Å². The van der Waals surface area contributed by atoms with Gasteiger partial charge in [0, 0.05) is 0 Å². The third-order valence-electron chi connectivity index (χ3n) is 4.35. The normalized spacial score (nSPS) is 19.6. The van der Waals surface area contributed by atoms with Crippen LogP contribution in [0, 0.1) is 0 Å². The molecular weight excluding hydrogens is 351 g/mol. The Bertz CT molecular complexity index is 630. The molecule has 0 aromatic heterocycles. The highest BCUT2D eigenvalue weighted by Crippen LogP contribution is 2.19. The van der Waals surface area contributed by atoms with Gasteiger partial charge < -0.3 is 30.6 Å². The van der Waals surface area contributed by atoms with Crippen molar-refractivity contribution in [2.75, 3.05) is 13.2 Å². The number of carbonyl (C=O) groups excluding carboxylic acids is 1. The number of unbranched alkanes of at least 4 members (excludes halogenated alkanes) is 1. The number of nitrogens with two attached hydrogens (primary N) is 1. The van der Waals surface area contributed by atoms with Gasteiger partial charge >= 0.3 is 13.1 Å². The topological polar surface area (TPSA) is 131 Å². The van der Waals surface area contributed by atoms with Gasteiger partial charge in [-0.1, -0.05) is 12.1 Å². The van der Waals surface area contributed by atoms with Crippen LogP contribution in [0.4, 0.5) is 0 Å². The Morgan fingerprint density at radius 3 is 2.85 bits per heavy atom. The van der Waals surface area contributed by atoms with E-state index in [1.54, 1.807) is 0 Å². The summed E-state index contributed by atoms with van der Waals surface area (Å²) in [5, 5.41) is 21.5. The standard InChI is InChI=1S/C18H27BN2O6/c20-8-1-2-9-26-14-5-3-4-13(10-14)11-17(22)21-16-7-6-15(12-18(23)24)27-19(16)25/h3-5,10,15-16,25H,1-2,6-9,11-12,20H2,(H,21,22)(H,23,24). The molecule has 27 heavy (non-hydrogen) atoms. The molecule has 0 saturated carbocycles. The van der Waals surface area contributed by atoms with Gasteiger partial charge in [0.2, 0.25) is 5.91 Å². The van der Waals surface area contributed by atoms with E-state index >= 15 is 0 Å². The summed E-state index contributed by atoms with van der Waals surface area (Å²) in [6, 6.07) is 7.32. The van der Waals surface area contributed by atoms with Crippen LogP contribution in [-0.4, -0.2) is 54.3 Å². The van der Waals surface area contributed by atoms with Crippen LogP contribution in [-0.2, 0) is 20.7 Å². The Morgan fingerprint density at radius 2 is 2.15 bits per heavy atom. The molecule has 1 saturated heterocycles. The Balaban J connectivity index is 1.79. The fourth-order valence-electron chi connectivity index (χ4n) is 2.98. The van der Waals surface area contributed by atoms with Crippen molar-refractivity contribution >= 4 is 19.0 Å². The largest absolute Gasteiger partial charge is 0.494 e. The molecule has 1 heterocycles. The monoisotopic (exact) mass is 378 g/mol. The molecule has 1 fully saturated rings. The molecule has 2 rings (SSSR count). The van der Waals surface area contributed by atoms with Gasteiger partial charge in [-0.25, -0.2) is 0 Å². The molecule has 1 aliphatic rings. The van der Waals surface area contributed by atoms with Crippen LogP contribution < -0.4 is 15.8 Å². The highest BCUT2D eigenvalue weighted by atomic mass is 16.5. The van der Waals surface area contributed by atoms with Crippen LogP contribution in [0.1, 0.15) is 37.7 Å². The fraction of sp³-hybridized carbons (Fsp3) is 0.556. The second-order valence-corrected chi connectivity index (χ2v) is 6.67. The van der Waals surface area contributed by atoms with Crippen molar-refractivity contribution in [1.29, 1.82) is 0 Å². The van der Waals surface area contributed by atoms with E-state index in [0.29, 0.717) is 31.7 Å². The molecule has 1 aliphatic heterocycles. The van der Waals surface area contributed by atoms with Crippen LogP contribution in [0.25, 0.3) is 0 Å². The molecular formula is C18H27BN2O6. The third kappa shape index (κ3) is 7.58. The van der Waals surface area contributed by atoms with Crippen molar-refractivity contribution in [3.05, 3.63) is 29.8 Å². The van der Waals surface area contributed by atoms with Crippen LogP contribution in [0.2, 0.25) is 0 Å². The van der Waals surface area contributed by atoms with Gasteiger partial charge in [0.1, 0.15) is 5.75 Å². The molecule has 0 spiro atoms. The number of hydrogen-bond acceptors (Lipinski definition) is 6. The average Bonchev–Trinajstić information content (AvgIpc) is 2.61. The number of amides is 1. The number of nitrogens with one attached hydrogen (secondary N) is 1. The smallest absolute Gasteiger partial charge is 0.478 e. The minimum Gasteiger partial charge on any atom is -0.494 e. The quantitative estimate of drug-likeness (QED) is 0.345. The van der Waals surface area contributed by atoms with E-state index < -0.39 is 25.1 Å². The zero-order valence-electron chi connectivity index (χ0n) is 15.3. The van der Waals surface area contributed by atoms with E-state index in [0.717, 1.165) is 18.4 Å². The second-order valence-electron chi connectivity index (χ2n) is 6.67. The molecule has 9 heteroatoms. The highest BCUT2D eigenvalue weighted by molar-refractivity contribution is 6.45. The maximum atomic E-state index is 12.3. The minimum absolute atomic E-state index is 0.155. The number of rotatable bonds is 10. The first-order chi connectivity index (χ1) is 13.0. The third-order valence-corrected chi connectivity index (χ3v) is 4.35. The van der Waals surface area contributed by atoms with Crippen molar-refractivity contribution in [2.24, 2.45) is 5.73 Å². The first-order valence-corrected chi connectivity index (χ1v) is 9.24. The summed E-state index contributed by atoms with van der Waals surface area (Å²) in [7, 11) is -1.20. The van der Waals surface area contributed by atoms with Crippen molar-refractivity contribution < 1.29 is 29.1 Å². The summed E-state index contributed by atoms with van der Waals surface area (Å²) in [5.41, 5.74) is 6.25. The summed E-state index contributed by atoms with van der Waals surface area (Å²) in [5.74, 6) is -1.05. The molecule has 2 atom stereocenters.